The topological polar surface area (TPSA) is 182 Å². The summed E-state index contributed by atoms with van der Waals surface area (Å²) in [6.45, 7) is 14.2. The molecule has 254 valence electrons. The Hall–Kier alpha value is -5.14. The Balaban J connectivity index is 1.44. The van der Waals surface area contributed by atoms with Gasteiger partial charge in [-0.1, -0.05) is 57.2 Å². The lowest BCUT2D eigenvalue weighted by Crippen LogP contribution is -2.59. The molecule has 5 unspecified atom stereocenters. The molecule has 1 aliphatic heterocycles. The number of ether oxygens (including phenoxy) is 1. The Morgan fingerprint density at radius 1 is 1.06 bits per heavy atom. The van der Waals surface area contributed by atoms with Crippen LogP contribution in [0.1, 0.15) is 60.4 Å². The number of aromatic nitrogens is 5. The third kappa shape index (κ3) is 7.21. The Labute approximate surface area is 278 Å². The summed E-state index contributed by atoms with van der Waals surface area (Å²) in [5, 5.41) is 28.4. The van der Waals surface area contributed by atoms with E-state index in [0.29, 0.717) is 11.4 Å². The minimum Gasteiger partial charge on any atom is -0.479 e. The van der Waals surface area contributed by atoms with Crippen molar-refractivity contribution in [3.63, 3.8) is 0 Å². The summed E-state index contributed by atoms with van der Waals surface area (Å²) in [5.41, 5.74) is -0.617. The summed E-state index contributed by atoms with van der Waals surface area (Å²) in [7, 11) is 0. The van der Waals surface area contributed by atoms with Gasteiger partial charge in [0.25, 0.3) is 0 Å². The molecule has 1 saturated carbocycles. The highest BCUT2D eigenvalue weighted by atomic mass is 16.6. The first-order valence-electron chi connectivity index (χ1n) is 15.8. The first kappa shape index (κ1) is 34.2. The van der Waals surface area contributed by atoms with Crippen LogP contribution < -0.4 is 10.6 Å². The molecule has 0 bridgehead atoms. The number of alkyl carbamates (subject to hydrolysis) is 1. The predicted molar refractivity (Wildman–Crippen MR) is 175 cm³/mol. The van der Waals surface area contributed by atoms with Gasteiger partial charge in [0.1, 0.15) is 23.2 Å². The van der Waals surface area contributed by atoms with Crippen LogP contribution in [0.3, 0.4) is 0 Å². The fraction of sp³-hybridized carbons (Fsp3) is 0.471. The van der Waals surface area contributed by atoms with E-state index in [1.54, 1.807) is 53.9 Å². The van der Waals surface area contributed by atoms with Crippen LogP contribution in [0.4, 0.5) is 4.79 Å². The number of carbonyl (C=O) groups excluding carboxylic acids is 3. The van der Waals surface area contributed by atoms with Gasteiger partial charge in [-0.15, -0.1) is 16.8 Å². The highest BCUT2D eigenvalue weighted by Crippen LogP contribution is 2.45. The van der Waals surface area contributed by atoms with Gasteiger partial charge in [-0.3, -0.25) is 14.6 Å². The molecule has 3 aromatic rings. The van der Waals surface area contributed by atoms with Gasteiger partial charge >= 0.3 is 12.1 Å². The Kier molecular flexibility index (Phi) is 9.13. The number of hydrogen-bond donors (Lipinski definition) is 3. The number of carboxylic acids is 1. The van der Waals surface area contributed by atoms with E-state index in [4.69, 9.17) is 4.74 Å². The highest BCUT2D eigenvalue weighted by molar-refractivity contribution is 5.96. The number of tetrazole rings is 1. The minimum atomic E-state index is -1.50. The average Bonchev–Trinajstić information content (AvgIpc) is 3.32. The van der Waals surface area contributed by atoms with Gasteiger partial charge in [0, 0.05) is 42.4 Å². The number of carboxylic acid groups (broad SMARTS) is 1. The fourth-order valence-corrected chi connectivity index (χ4v) is 5.88. The number of carbonyl (C=O) groups is 4. The number of benzene rings is 1. The van der Waals surface area contributed by atoms with Crippen LogP contribution >= 0.6 is 0 Å². The molecule has 3 amide bonds. The standard InChI is InChI=1S/C34H42N8O6/c1-8-23-16-34(23,30(45)46)37-28(43)25-15-24(19-41(25)29(44)26(32(2,3)4)36-31(47)48-33(5,6)7)42-39-27(38-40-42)22-14-21(17-35-18-22)20-12-10-9-11-13-20/h8-14,17-18,23-26H,1,15-16,19H2,2-7H3,(H,36,47)(H,37,43)(H,45,46). The lowest BCUT2D eigenvalue weighted by atomic mass is 9.85. The molecule has 5 atom stereocenters. The number of nitrogens with zero attached hydrogens (tertiary/aromatic N) is 6. The molecule has 3 N–H and O–H groups in total. The van der Waals surface area contributed by atoms with E-state index >= 15 is 0 Å². The van der Waals surface area contributed by atoms with Crippen LogP contribution in [0.5, 0.6) is 0 Å². The van der Waals surface area contributed by atoms with Crippen molar-refractivity contribution in [2.75, 3.05) is 6.54 Å². The summed E-state index contributed by atoms with van der Waals surface area (Å²) in [6.07, 6.45) is 4.35. The lowest BCUT2D eigenvalue weighted by Gasteiger charge is -2.36. The van der Waals surface area contributed by atoms with Crippen molar-refractivity contribution in [2.24, 2.45) is 11.3 Å². The molecule has 2 fully saturated rings. The zero-order valence-corrected chi connectivity index (χ0v) is 28.0. The van der Waals surface area contributed by atoms with E-state index in [1.165, 1.54) is 15.8 Å². The smallest absolute Gasteiger partial charge is 0.408 e. The van der Waals surface area contributed by atoms with E-state index in [0.717, 1.165) is 11.1 Å². The Morgan fingerprint density at radius 3 is 2.35 bits per heavy atom. The number of pyridine rings is 1. The van der Waals surface area contributed by atoms with Crippen LogP contribution in [0.25, 0.3) is 22.5 Å². The second kappa shape index (κ2) is 12.8. The fourth-order valence-electron chi connectivity index (χ4n) is 5.88. The highest BCUT2D eigenvalue weighted by Gasteiger charge is 2.61. The molecule has 2 aromatic heterocycles. The van der Waals surface area contributed by atoms with Crippen molar-refractivity contribution in [1.29, 1.82) is 0 Å². The van der Waals surface area contributed by atoms with E-state index in [1.807, 2.05) is 36.4 Å². The van der Waals surface area contributed by atoms with Crippen LogP contribution in [0.2, 0.25) is 0 Å². The number of amides is 3. The van der Waals surface area contributed by atoms with Crippen molar-refractivity contribution >= 4 is 23.9 Å². The van der Waals surface area contributed by atoms with Gasteiger partial charge in [-0.2, -0.15) is 4.80 Å². The van der Waals surface area contributed by atoms with Gasteiger partial charge in [0.15, 0.2) is 0 Å². The van der Waals surface area contributed by atoms with Crippen molar-refractivity contribution in [1.82, 2.24) is 40.7 Å². The van der Waals surface area contributed by atoms with Gasteiger partial charge in [-0.25, -0.2) is 9.59 Å². The van der Waals surface area contributed by atoms with Crippen LogP contribution in [0.15, 0.2) is 61.4 Å². The van der Waals surface area contributed by atoms with Gasteiger partial charge < -0.3 is 25.4 Å². The molecule has 48 heavy (non-hydrogen) atoms. The van der Waals surface area contributed by atoms with Crippen molar-refractivity contribution in [3.05, 3.63) is 61.4 Å². The largest absolute Gasteiger partial charge is 0.479 e. The molecular weight excluding hydrogens is 616 g/mol. The lowest BCUT2D eigenvalue weighted by molar-refractivity contribution is -0.146. The number of hydrogen-bond acceptors (Lipinski definition) is 9. The SMILES string of the molecule is C=CC1CC1(NC(=O)C1CC(n2nnc(-c3cncc(-c4ccccc4)c3)n2)CN1C(=O)C(NC(=O)OC(C)(C)C)C(C)(C)C)C(=O)O. The molecule has 0 radical (unpaired) electrons. The van der Waals surface area contributed by atoms with Crippen molar-refractivity contribution in [3.8, 4) is 22.5 Å². The number of nitrogens with one attached hydrogen (secondary N) is 2. The molecule has 2 aliphatic rings. The Morgan fingerprint density at radius 2 is 1.75 bits per heavy atom. The number of likely N-dealkylation sites (tertiary alicyclic amines) is 1. The van der Waals surface area contributed by atoms with E-state index < -0.39 is 64.5 Å². The zero-order valence-electron chi connectivity index (χ0n) is 28.0. The molecule has 0 spiro atoms. The van der Waals surface area contributed by atoms with Crippen molar-refractivity contribution < 1.29 is 29.0 Å². The van der Waals surface area contributed by atoms with E-state index in [2.05, 4.69) is 37.6 Å². The summed E-state index contributed by atoms with van der Waals surface area (Å²) in [5.74, 6) is -2.49. The Bertz CT molecular complexity index is 1710. The van der Waals surface area contributed by atoms with Gasteiger partial charge in [0.2, 0.25) is 17.6 Å². The van der Waals surface area contributed by atoms with Crippen LogP contribution in [-0.4, -0.2) is 88.8 Å². The monoisotopic (exact) mass is 658 g/mol. The molecule has 1 saturated heterocycles. The first-order chi connectivity index (χ1) is 22.5. The average molecular weight is 659 g/mol. The normalized spacial score (nSPS) is 22.8. The number of aliphatic carboxylic acids is 1. The second-order valence-corrected chi connectivity index (χ2v) is 14.4. The maximum Gasteiger partial charge on any atom is 0.408 e. The molecule has 5 rings (SSSR count). The van der Waals surface area contributed by atoms with Gasteiger partial charge in [0.05, 0.1) is 6.04 Å². The second-order valence-electron chi connectivity index (χ2n) is 14.4. The predicted octanol–water partition coefficient (Wildman–Crippen LogP) is 3.63. The maximum absolute atomic E-state index is 14.3. The molecule has 14 heteroatoms. The molecule has 1 aliphatic carbocycles. The summed E-state index contributed by atoms with van der Waals surface area (Å²) in [4.78, 5) is 60.2. The molecule has 14 nitrogen and oxygen atoms in total. The third-order valence-corrected chi connectivity index (χ3v) is 8.52. The van der Waals surface area contributed by atoms with E-state index in [9.17, 15) is 24.3 Å². The van der Waals surface area contributed by atoms with E-state index in [-0.39, 0.29) is 19.4 Å². The quantitative estimate of drug-likeness (QED) is 0.287. The number of rotatable bonds is 9. The zero-order chi connectivity index (χ0) is 35.0. The molecule has 1 aromatic carbocycles. The van der Waals surface area contributed by atoms with Gasteiger partial charge in [-0.05, 0) is 49.5 Å². The molecule has 3 heterocycles. The van der Waals surface area contributed by atoms with Crippen LogP contribution in [-0.2, 0) is 19.1 Å². The summed E-state index contributed by atoms with van der Waals surface area (Å²) >= 11 is 0. The summed E-state index contributed by atoms with van der Waals surface area (Å²) < 4.78 is 5.43. The first-order valence-corrected chi connectivity index (χ1v) is 15.8. The maximum atomic E-state index is 14.3. The van der Waals surface area contributed by atoms with Crippen LogP contribution in [0, 0.1) is 11.3 Å². The third-order valence-electron chi connectivity index (χ3n) is 8.52. The van der Waals surface area contributed by atoms with Crippen molar-refractivity contribution in [2.45, 2.75) is 83.6 Å². The summed E-state index contributed by atoms with van der Waals surface area (Å²) in [6, 6.07) is 8.87. The molecular formula is C34H42N8O6. The minimum absolute atomic E-state index is 0.00254.